The minimum absolute atomic E-state index is 0. The molecule has 0 aliphatic carbocycles. The monoisotopic (exact) mass is 716 g/mol. The van der Waals surface area contributed by atoms with Crippen molar-refractivity contribution in [2.75, 3.05) is 0 Å². The number of hydrogen-bond acceptors (Lipinski definition) is 17. The third kappa shape index (κ3) is 115. The second-order valence-electron chi connectivity index (χ2n) is 1.84. The molecule has 0 bridgehead atoms. The van der Waals surface area contributed by atoms with Crippen LogP contribution in [0.1, 0.15) is 0 Å². The molecule has 23 heteroatoms. The molecule has 0 atom stereocenters. The molecule has 142 valence electrons. The molecule has 1 aliphatic rings. The van der Waals surface area contributed by atoms with Crippen molar-refractivity contribution in [2.45, 2.75) is 0 Å². The maximum absolute atomic E-state index is 9.52. The topological polar surface area (TPSA) is 303 Å². The van der Waals surface area contributed by atoms with Gasteiger partial charge in [0, 0.05) is 31.2 Å². The summed E-state index contributed by atoms with van der Waals surface area (Å²) in [7, 11) is -19.2. The summed E-state index contributed by atoms with van der Waals surface area (Å²) in [4.78, 5) is 0. The first-order valence-electron chi connectivity index (χ1n) is 3.00. The van der Waals surface area contributed by atoms with Crippen LogP contribution < -0.4 is 0 Å². The van der Waals surface area contributed by atoms with Gasteiger partial charge < -0.3 is 27.3 Å². The van der Waals surface area contributed by atoms with Crippen molar-refractivity contribution in [1.29, 1.82) is 0 Å². The van der Waals surface area contributed by atoms with Crippen LogP contribution in [-0.4, -0.2) is 61.0 Å². The van der Waals surface area contributed by atoms with E-state index in [0.717, 1.165) is 0 Å². The summed E-state index contributed by atoms with van der Waals surface area (Å²) in [6, 6.07) is 0. The minimum Gasteiger partial charge on any atom is -0.759 e. The molecule has 0 aromatic rings. The molecule has 0 N–H and O–H groups in total. The van der Waals surface area contributed by atoms with Crippen molar-refractivity contribution in [3.8, 4) is 0 Å². The van der Waals surface area contributed by atoms with E-state index in [2.05, 4.69) is 13.7 Å². The summed E-state index contributed by atoms with van der Waals surface area (Å²) in [5.41, 5.74) is 0. The van der Waals surface area contributed by atoms with Crippen LogP contribution in [-0.2, 0) is 55.3 Å². The van der Waals surface area contributed by atoms with Gasteiger partial charge in [-0.05, 0) is 13.7 Å². The Morgan fingerprint density at radius 1 is 0.565 bits per heavy atom. The fourth-order valence-electron chi connectivity index (χ4n) is 0.0731. The summed E-state index contributed by atoms with van der Waals surface area (Å²) in [5, 5.41) is 3.35. The Hall–Kier alpha value is 2.09. The molecule has 1 rings (SSSR count). The summed E-state index contributed by atoms with van der Waals surface area (Å²) < 4.78 is 128. The molecule has 2 radical (unpaired) electrons. The molecule has 1 aliphatic heterocycles. The van der Waals surface area contributed by atoms with Crippen LogP contribution in [0, 0.1) is 79.9 Å². The maximum atomic E-state index is 9.52. The normalized spacial score (nSPS) is 15.0. The molecule has 23 heavy (non-hydrogen) atoms. The Kier molecular flexibility index (Phi) is 23.8. The molecule has 0 unspecified atom stereocenters. The van der Waals surface area contributed by atoms with E-state index in [0.29, 0.717) is 0 Å². The summed E-state index contributed by atoms with van der Waals surface area (Å²) in [5.74, 6) is 0. The van der Waals surface area contributed by atoms with Gasteiger partial charge in [-0.2, -0.15) is 8.42 Å². The second kappa shape index (κ2) is 15.2. The smallest absolute Gasteiger partial charge is 0.759 e. The average Bonchev–Trinajstić information content (AvgIpc) is 1.90. The van der Waals surface area contributed by atoms with Crippen molar-refractivity contribution in [3.63, 3.8) is 0 Å². The maximum Gasteiger partial charge on any atom is 3.00 e. The van der Waals surface area contributed by atoms with Crippen LogP contribution >= 0.6 is 0 Å². The number of hydrogen-bond donors (Lipinski definition) is 0. The van der Waals surface area contributed by atoms with Crippen LogP contribution in [0.5, 0.6) is 0 Å². The third-order valence-electron chi connectivity index (χ3n) is 0.222. The molecule has 17 nitrogen and oxygen atoms in total. The van der Waals surface area contributed by atoms with Crippen LogP contribution in [0.2, 0.25) is 0 Å². The van der Waals surface area contributed by atoms with Crippen molar-refractivity contribution in [2.24, 2.45) is 0 Å². The zero-order valence-corrected chi connectivity index (χ0v) is 17.1. The predicted octanol–water partition coefficient (Wildman–Crippen LogP) is -4.89. The van der Waals surface area contributed by atoms with Crippen LogP contribution in [0.15, 0.2) is 0 Å². The van der Waals surface area contributed by atoms with E-state index < -0.39 is 41.6 Å². The predicted molar refractivity (Wildman–Crippen MR) is 43.6 cm³/mol. The molecule has 1 heterocycles. The molecule has 1 fully saturated rings. The molecule has 0 spiro atoms. The Morgan fingerprint density at radius 3 is 0.652 bits per heavy atom. The Balaban J connectivity index is -0.0000000612. The average molecular weight is 715 g/mol. The van der Waals surface area contributed by atoms with E-state index in [1.807, 2.05) is 0 Å². The van der Waals surface area contributed by atoms with Crippen molar-refractivity contribution in [3.05, 3.63) is 0 Å². The molecular formula is Gd2O17S4. The van der Waals surface area contributed by atoms with Crippen molar-refractivity contribution < 1.29 is 155 Å². The van der Waals surface area contributed by atoms with Gasteiger partial charge in [0.05, 0.1) is 0 Å². The molecule has 0 aromatic carbocycles. The molecule has 0 amide bonds. The van der Waals surface area contributed by atoms with Gasteiger partial charge in [0.1, 0.15) is 0 Å². The Labute approximate surface area is 193 Å². The van der Waals surface area contributed by atoms with Crippen molar-refractivity contribution >= 4 is 41.6 Å². The summed E-state index contributed by atoms with van der Waals surface area (Å²) >= 11 is 0. The summed E-state index contributed by atoms with van der Waals surface area (Å²) in [6.07, 6.45) is 0. The van der Waals surface area contributed by atoms with E-state index in [1.165, 1.54) is 0 Å². The van der Waals surface area contributed by atoms with E-state index in [4.69, 9.17) is 52.6 Å². The molecule has 0 aromatic heterocycles. The first-order chi connectivity index (χ1) is 8.71. The minimum atomic E-state index is -5.17. The largest absolute Gasteiger partial charge is 3.00 e. The SMILES string of the molecule is O=S(=O)([O-])[O-].O=S(=O)([O-])[O-].O=S(=O)([O-])[O-].O=S1(=O)OOO1.[Gd+3].[Gd+3]. The number of rotatable bonds is 0. The Morgan fingerprint density at radius 2 is 0.652 bits per heavy atom. The van der Waals surface area contributed by atoms with Gasteiger partial charge >= 0.3 is 90.3 Å². The molecular weight excluding hydrogens is 715 g/mol. The van der Waals surface area contributed by atoms with Crippen LogP contribution in [0.25, 0.3) is 0 Å². The van der Waals surface area contributed by atoms with E-state index >= 15 is 0 Å². The fraction of sp³-hybridized carbons (Fsp3) is 0. The van der Waals surface area contributed by atoms with Crippen LogP contribution in [0.3, 0.4) is 0 Å². The Bertz CT molecular complexity index is 568. The van der Waals surface area contributed by atoms with E-state index in [9.17, 15) is 8.42 Å². The van der Waals surface area contributed by atoms with Gasteiger partial charge in [0.25, 0.3) is 0 Å². The first-order valence-corrected chi connectivity index (χ1v) is 8.33. The van der Waals surface area contributed by atoms with Gasteiger partial charge in [-0.3, -0.25) is 25.3 Å². The summed E-state index contributed by atoms with van der Waals surface area (Å²) in [6.45, 7) is 0. The standard InChI is InChI=1S/2Gd.O5S.3H2O4S/c;;1-6(2)4-3-5-6;3*1-5(2,3)4/h;;;3*(H2,1,2,3,4)/q2*+3;;;;/p-6. The van der Waals surface area contributed by atoms with Crippen molar-refractivity contribution in [1.82, 2.24) is 0 Å². The van der Waals surface area contributed by atoms with Gasteiger partial charge in [-0.15, -0.1) is 0 Å². The fourth-order valence-corrected chi connectivity index (χ4v) is 0.219. The van der Waals surface area contributed by atoms with Gasteiger partial charge in [0.15, 0.2) is 0 Å². The second-order valence-corrected chi connectivity index (χ2v) is 5.38. The zero-order valence-electron chi connectivity index (χ0n) is 9.28. The first kappa shape index (κ1) is 36.1. The van der Waals surface area contributed by atoms with E-state index in [1.54, 1.807) is 0 Å². The van der Waals surface area contributed by atoms with Crippen LogP contribution in [0.4, 0.5) is 0 Å². The van der Waals surface area contributed by atoms with E-state index in [-0.39, 0.29) is 79.9 Å². The third-order valence-corrected chi connectivity index (χ3v) is 0.667. The van der Waals surface area contributed by atoms with Gasteiger partial charge in [0.2, 0.25) is 0 Å². The molecule has 1 saturated heterocycles. The van der Waals surface area contributed by atoms with Gasteiger partial charge in [-0.25, -0.2) is 0 Å². The van der Waals surface area contributed by atoms with Gasteiger partial charge in [-0.1, -0.05) is 0 Å². The molecule has 0 saturated carbocycles. The zero-order chi connectivity index (χ0) is 18.1. The quantitative estimate of drug-likeness (QED) is 0.129.